The van der Waals surface area contributed by atoms with Crippen molar-refractivity contribution in [2.24, 2.45) is 0 Å². The molecule has 0 saturated carbocycles. The third-order valence-corrected chi connectivity index (χ3v) is 11.2. The fourth-order valence-electron chi connectivity index (χ4n) is 6.39. The number of nitrogens with zero attached hydrogens (tertiary/aromatic N) is 2. The first kappa shape index (κ1) is 28.6. The summed E-state index contributed by atoms with van der Waals surface area (Å²) in [7, 11) is 0. The molecule has 8 heteroatoms. The molecule has 2 N–H and O–H groups in total. The molecule has 0 fully saturated rings. The number of benzene rings is 3. The van der Waals surface area contributed by atoms with Crippen LogP contribution in [0.5, 0.6) is 0 Å². The predicted molar refractivity (Wildman–Crippen MR) is 175 cm³/mol. The van der Waals surface area contributed by atoms with Crippen molar-refractivity contribution >= 4 is 65.8 Å². The molecular formula is C36H34N2O4S2+2. The van der Waals surface area contributed by atoms with E-state index in [1.54, 1.807) is 46.9 Å². The van der Waals surface area contributed by atoms with Crippen LogP contribution in [0.3, 0.4) is 0 Å². The number of para-hydroxylation sites is 2. The van der Waals surface area contributed by atoms with E-state index in [0.717, 1.165) is 69.2 Å². The van der Waals surface area contributed by atoms with Crippen molar-refractivity contribution in [2.75, 3.05) is 0 Å². The summed E-state index contributed by atoms with van der Waals surface area (Å²) in [5.41, 5.74) is 4.03. The summed E-state index contributed by atoms with van der Waals surface area (Å²) >= 11 is 3.12. The molecule has 0 spiro atoms. The molecule has 2 aliphatic carbocycles. The normalized spacial score (nSPS) is 18.4. The lowest BCUT2D eigenvalue weighted by Crippen LogP contribution is -2.42. The minimum atomic E-state index is -0.666. The van der Waals surface area contributed by atoms with Crippen LogP contribution in [0.15, 0.2) is 84.3 Å². The Morgan fingerprint density at radius 2 is 1.00 bits per heavy atom. The molecule has 2 unspecified atom stereocenters. The number of carbonyl (C=O) groups excluding carboxylic acids is 2. The molecule has 7 rings (SSSR count). The van der Waals surface area contributed by atoms with Crippen molar-refractivity contribution < 1.29 is 28.9 Å². The number of hydrogen-bond acceptors (Lipinski definition) is 6. The number of aromatic nitrogens is 2. The van der Waals surface area contributed by atoms with Crippen LogP contribution in [-0.4, -0.2) is 21.8 Å². The molecule has 2 heterocycles. The second-order valence-electron chi connectivity index (χ2n) is 11.5. The van der Waals surface area contributed by atoms with Gasteiger partial charge in [-0.25, -0.2) is 0 Å². The van der Waals surface area contributed by atoms with Crippen molar-refractivity contribution in [2.45, 2.75) is 64.5 Å². The number of carbonyl (C=O) groups is 2. The Morgan fingerprint density at radius 3 is 1.36 bits per heavy atom. The maximum atomic E-state index is 13.5. The molecule has 0 aliphatic heterocycles. The van der Waals surface area contributed by atoms with E-state index in [2.05, 4.69) is 47.2 Å². The Kier molecular flexibility index (Phi) is 7.42. The van der Waals surface area contributed by atoms with Gasteiger partial charge in [0.15, 0.2) is 23.4 Å². The highest BCUT2D eigenvalue weighted by molar-refractivity contribution is 7.18. The Bertz CT molecular complexity index is 1870. The zero-order chi connectivity index (χ0) is 30.5. The maximum Gasteiger partial charge on any atom is 0.257 e. The van der Waals surface area contributed by atoms with Crippen molar-refractivity contribution in [3.05, 3.63) is 105 Å². The van der Waals surface area contributed by atoms with E-state index in [4.69, 9.17) is 0 Å². The number of Topliss-reactive ketones (excluding diaryl/α,β-unsaturated/α-hetero) is 2. The van der Waals surface area contributed by atoms with E-state index >= 15 is 0 Å². The van der Waals surface area contributed by atoms with Crippen LogP contribution in [0.25, 0.3) is 31.6 Å². The van der Waals surface area contributed by atoms with Gasteiger partial charge in [-0.15, -0.1) is 0 Å². The van der Waals surface area contributed by atoms with E-state index in [9.17, 15) is 19.8 Å². The van der Waals surface area contributed by atoms with Crippen LogP contribution in [0.1, 0.15) is 72.5 Å². The van der Waals surface area contributed by atoms with Gasteiger partial charge in [0.25, 0.3) is 10.0 Å². The summed E-state index contributed by atoms with van der Waals surface area (Å²) in [4.78, 5) is 27.0. The molecule has 2 atom stereocenters. The number of ketones is 2. The summed E-state index contributed by atoms with van der Waals surface area (Å²) in [6, 6.07) is 23.3. The monoisotopic (exact) mass is 622 g/mol. The molecule has 222 valence electrons. The van der Waals surface area contributed by atoms with Gasteiger partial charge in [0.1, 0.15) is 34.0 Å². The van der Waals surface area contributed by atoms with Gasteiger partial charge in [0.2, 0.25) is 11.0 Å². The van der Waals surface area contributed by atoms with Gasteiger partial charge in [-0.3, -0.25) is 9.59 Å². The van der Waals surface area contributed by atoms with Gasteiger partial charge >= 0.3 is 0 Å². The first-order valence-electron chi connectivity index (χ1n) is 15.3. The van der Waals surface area contributed by atoms with Crippen molar-refractivity contribution in [3.8, 4) is 0 Å². The first-order valence-corrected chi connectivity index (χ1v) is 17.0. The number of hydrogen-bond donors (Lipinski definition) is 2. The first-order chi connectivity index (χ1) is 21.4. The van der Waals surface area contributed by atoms with E-state index in [-0.39, 0.29) is 23.1 Å². The van der Waals surface area contributed by atoms with Gasteiger partial charge in [0, 0.05) is 25.0 Å². The van der Waals surface area contributed by atoms with E-state index in [1.165, 1.54) is 0 Å². The minimum absolute atomic E-state index is 0.0859. The second kappa shape index (κ2) is 11.4. The third kappa shape index (κ3) is 4.42. The number of aliphatic hydroxyl groups is 2. The van der Waals surface area contributed by atoms with Gasteiger partial charge in [-0.1, -0.05) is 97.9 Å². The zero-order valence-electron chi connectivity index (χ0n) is 24.7. The number of unbranched alkanes of at least 4 members (excludes halogenated alkanes) is 2. The quantitative estimate of drug-likeness (QED) is 0.158. The number of rotatable bonds is 10. The molecule has 2 aromatic heterocycles. The lowest BCUT2D eigenvalue weighted by atomic mass is 9.76. The van der Waals surface area contributed by atoms with Gasteiger partial charge in [-0.2, -0.15) is 9.13 Å². The fourth-order valence-corrected chi connectivity index (χ4v) is 8.98. The van der Waals surface area contributed by atoms with Crippen molar-refractivity contribution in [1.29, 1.82) is 0 Å². The van der Waals surface area contributed by atoms with E-state index < -0.39 is 11.8 Å². The molecule has 44 heavy (non-hydrogen) atoms. The Balaban J connectivity index is 1.18. The molecule has 0 saturated heterocycles. The van der Waals surface area contributed by atoms with Crippen LogP contribution < -0.4 is 9.13 Å². The summed E-state index contributed by atoms with van der Waals surface area (Å²) < 4.78 is 6.55. The summed E-state index contributed by atoms with van der Waals surface area (Å²) in [6.45, 7) is 5.88. The highest BCUT2D eigenvalue weighted by Crippen LogP contribution is 2.47. The standard InChI is InChI=1S/C36H32N2O4S2/c1-3-5-19-37-23-11-7-9-13-25(23)43-35(37)29-31(39)27(32(29)40)21-15-17-22(18-16-21)28-33(41)30(34(28)42)36-38(20-6-4-2)24-12-8-10-14-26(24)44-36/h7-18,29-30H,3-6,19-20H2,1-2H3/p+2. The van der Waals surface area contributed by atoms with Gasteiger partial charge in [-0.05, 0) is 23.3 Å². The average molecular weight is 623 g/mol. The highest BCUT2D eigenvalue weighted by Gasteiger charge is 2.49. The molecule has 5 aromatic rings. The minimum Gasteiger partial charge on any atom is -0.510 e. The molecule has 0 radical (unpaired) electrons. The van der Waals surface area contributed by atoms with Crippen LogP contribution in [0.2, 0.25) is 0 Å². The SMILES string of the molecule is CCCC[n+]1c(C2C(=O)C(c3ccc(C4=C(O)C(c5sc6ccccc6[n+]5CCCC)C4=O)cc3)=C2O)sc2ccccc21. The number of thiazole rings is 2. The van der Waals surface area contributed by atoms with Gasteiger partial charge in [0.05, 0.1) is 11.1 Å². The van der Waals surface area contributed by atoms with E-state index in [0.29, 0.717) is 22.3 Å². The molecule has 0 amide bonds. The number of allylic oxidation sites excluding steroid dienone is 4. The lowest BCUT2D eigenvalue weighted by molar-refractivity contribution is -0.675. The topological polar surface area (TPSA) is 82.4 Å². The smallest absolute Gasteiger partial charge is 0.257 e. The van der Waals surface area contributed by atoms with Crippen LogP contribution in [-0.2, 0) is 22.7 Å². The lowest BCUT2D eigenvalue weighted by Gasteiger charge is -2.27. The predicted octanol–water partition coefficient (Wildman–Crippen LogP) is 7.56. The highest BCUT2D eigenvalue weighted by atomic mass is 32.1. The largest absolute Gasteiger partial charge is 0.510 e. The molecule has 2 aliphatic rings. The molecular weight excluding hydrogens is 589 g/mol. The number of fused-ring (bicyclic) bond motifs is 2. The summed E-state index contributed by atoms with van der Waals surface area (Å²) in [6.07, 6.45) is 4.05. The average Bonchev–Trinajstić information content (AvgIpc) is 3.57. The van der Waals surface area contributed by atoms with Gasteiger partial charge < -0.3 is 10.2 Å². The van der Waals surface area contributed by atoms with Crippen LogP contribution >= 0.6 is 22.7 Å². The summed E-state index contributed by atoms with van der Waals surface area (Å²) in [5.74, 6) is -1.36. The Hall–Kier alpha value is -4.14. The number of aliphatic hydroxyl groups excluding tert-OH is 2. The Morgan fingerprint density at radius 1 is 0.614 bits per heavy atom. The maximum absolute atomic E-state index is 13.5. The fraction of sp³-hybridized carbons (Fsp3) is 0.278. The molecule has 0 bridgehead atoms. The summed E-state index contributed by atoms with van der Waals surface area (Å²) in [5, 5.41) is 24.1. The third-order valence-electron chi connectivity index (χ3n) is 8.78. The Labute approximate surface area is 263 Å². The van der Waals surface area contributed by atoms with Crippen LogP contribution in [0, 0.1) is 0 Å². The van der Waals surface area contributed by atoms with Crippen molar-refractivity contribution in [3.63, 3.8) is 0 Å². The molecule has 3 aromatic carbocycles. The second-order valence-corrected chi connectivity index (χ2v) is 13.6. The molecule has 6 nitrogen and oxygen atoms in total. The van der Waals surface area contributed by atoms with Crippen molar-refractivity contribution in [1.82, 2.24) is 0 Å². The van der Waals surface area contributed by atoms with Crippen LogP contribution in [0.4, 0.5) is 0 Å². The number of aryl methyl sites for hydroxylation is 2. The zero-order valence-corrected chi connectivity index (χ0v) is 26.4. The van der Waals surface area contributed by atoms with E-state index in [1.807, 2.05) is 24.3 Å².